The average Bonchev–Trinajstić information content (AvgIpc) is 3.48. The maximum Gasteiger partial charge on any atom is 0.309 e. The first-order chi connectivity index (χ1) is 17.3. The van der Waals surface area contributed by atoms with Crippen LogP contribution < -0.4 is 5.32 Å². The summed E-state index contributed by atoms with van der Waals surface area (Å²) in [7, 11) is 3.40. The van der Waals surface area contributed by atoms with E-state index in [0.717, 1.165) is 46.5 Å². The van der Waals surface area contributed by atoms with Crippen LogP contribution in [0.5, 0.6) is 0 Å². The monoisotopic (exact) mass is 507 g/mol. The molecule has 36 heavy (non-hydrogen) atoms. The van der Waals surface area contributed by atoms with Crippen molar-refractivity contribution in [1.29, 1.82) is 0 Å². The molecule has 1 saturated carbocycles. The SMILES string of the molecule is COC(=O)[C@@H]1CC[C@H](NC(=O)c2cc3cc(C)ccc3[nH]2)/C(=N/C(=O)c2nc3c(s2)CN(C)CC3)C1. The van der Waals surface area contributed by atoms with Crippen LogP contribution in [0.1, 0.15) is 55.7 Å². The fourth-order valence-electron chi connectivity index (χ4n) is 4.88. The Morgan fingerprint density at radius 2 is 2.08 bits per heavy atom. The fourth-order valence-corrected chi connectivity index (χ4v) is 5.95. The van der Waals surface area contributed by atoms with Crippen molar-refractivity contribution in [2.24, 2.45) is 10.9 Å². The maximum atomic E-state index is 13.1. The van der Waals surface area contributed by atoms with Crippen LogP contribution in [0.2, 0.25) is 0 Å². The average molecular weight is 508 g/mol. The van der Waals surface area contributed by atoms with E-state index >= 15 is 0 Å². The number of likely N-dealkylation sites (N-methyl/N-ethyl adjacent to an activating group) is 1. The zero-order valence-corrected chi connectivity index (χ0v) is 21.4. The van der Waals surface area contributed by atoms with Crippen molar-refractivity contribution < 1.29 is 19.1 Å². The maximum absolute atomic E-state index is 13.1. The van der Waals surface area contributed by atoms with E-state index in [4.69, 9.17) is 4.74 Å². The molecule has 0 saturated heterocycles. The lowest BCUT2D eigenvalue weighted by Gasteiger charge is -2.29. The van der Waals surface area contributed by atoms with Gasteiger partial charge in [-0.2, -0.15) is 0 Å². The van der Waals surface area contributed by atoms with Gasteiger partial charge in [-0.05, 0) is 45.0 Å². The second kappa shape index (κ2) is 9.94. The molecule has 5 rings (SSSR count). The largest absolute Gasteiger partial charge is 0.469 e. The van der Waals surface area contributed by atoms with Crippen LogP contribution in [0.3, 0.4) is 0 Å². The molecule has 2 aromatic heterocycles. The minimum atomic E-state index is -0.462. The Morgan fingerprint density at radius 3 is 2.89 bits per heavy atom. The topological polar surface area (TPSA) is 117 Å². The number of H-pyrrole nitrogens is 1. The molecule has 1 fully saturated rings. The molecule has 3 aromatic rings. The summed E-state index contributed by atoms with van der Waals surface area (Å²) in [4.78, 5) is 53.8. The summed E-state index contributed by atoms with van der Waals surface area (Å²) >= 11 is 1.37. The Morgan fingerprint density at radius 1 is 1.25 bits per heavy atom. The number of fused-ring (bicyclic) bond motifs is 2. The molecule has 0 radical (unpaired) electrons. The number of carbonyl (C=O) groups excluding carboxylic acids is 3. The number of nitrogens with one attached hydrogen (secondary N) is 2. The third-order valence-electron chi connectivity index (χ3n) is 6.87. The van der Waals surface area contributed by atoms with Crippen LogP contribution in [0, 0.1) is 12.8 Å². The number of thiazole rings is 1. The van der Waals surface area contributed by atoms with Gasteiger partial charge in [-0.1, -0.05) is 11.6 Å². The lowest BCUT2D eigenvalue weighted by molar-refractivity contribution is -0.145. The van der Waals surface area contributed by atoms with Crippen LogP contribution in [0.25, 0.3) is 10.9 Å². The number of amides is 2. The van der Waals surface area contributed by atoms with Gasteiger partial charge in [-0.15, -0.1) is 11.3 Å². The summed E-state index contributed by atoms with van der Waals surface area (Å²) in [5, 5.41) is 4.32. The first-order valence-corrected chi connectivity index (χ1v) is 12.9. The van der Waals surface area contributed by atoms with Crippen molar-refractivity contribution in [3.05, 3.63) is 51.1 Å². The molecule has 2 aliphatic rings. The molecular weight excluding hydrogens is 478 g/mol. The first kappa shape index (κ1) is 24.3. The van der Waals surface area contributed by atoms with Gasteiger partial charge in [0.2, 0.25) is 0 Å². The molecule has 0 unspecified atom stereocenters. The molecule has 3 heterocycles. The lowest BCUT2D eigenvalue weighted by atomic mass is 9.84. The van der Waals surface area contributed by atoms with Gasteiger partial charge < -0.3 is 19.9 Å². The summed E-state index contributed by atoms with van der Waals surface area (Å²) in [5.74, 6) is -1.45. The third kappa shape index (κ3) is 4.96. The number of esters is 1. The number of rotatable bonds is 4. The second-order valence-electron chi connectivity index (χ2n) is 9.59. The number of nitrogens with zero attached hydrogens (tertiary/aromatic N) is 3. The summed E-state index contributed by atoms with van der Waals surface area (Å²) in [5.41, 5.74) is 3.86. The fraction of sp³-hybridized carbons (Fsp3) is 0.423. The van der Waals surface area contributed by atoms with Crippen molar-refractivity contribution in [2.75, 3.05) is 20.7 Å². The van der Waals surface area contributed by atoms with E-state index in [0.29, 0.717) is 29.3 Å². The van der Waals surface area contributed by atoms with Crippen molar-refractivity contribution in [3.8, 4) is 0 Å². The van der Waals surface area contributed by atoms with E-state index in [1.54, 1.807) is 0 Å². The summed E-state index contributed by atoms with van der Waals surface area (Å²) in [6.45, 7) is 3.67. The quantitative estimate of drug-likeness (QED) is 0.524. The minimum Gasteiger partial charge on any atom is -0.469 e. The highest BCUT2D eigenvalue weighted by Crippen LogP contribution is 2.28. The van der Waals surface area contributed by atoms with Crippen LogP contribution in [0.4, 0.5) is 0 Å². The Labute approximate surface area is 213 Å². The zero-order valence-electron chi connectivity index (χ0n) is 20.6. The number of aromatic amines is 1. The van der Waals surface area contributed by atoms with Crippen LogP contribution in [-0.2, 0) is 22.5 Å². The highest BCUT2D eigenvalue weighted by atomic mass is 32.1. The number of aryl methyl sites for hydroxylation is 1. The highest BCUT2D eigenvalue weighted by Gasteiger charge is 2.34. The van der Waals surface area contributed by atoms with E-state index in [1.807, 2.05) is 38.2 Å². The molecule has 0 bridgehead atoms. The summed E-state index contributed by atoms with van der Waals surface area (Å²) in [6, 6.07) is 7.30. The lowest BCUT2D eigenvalue weighted by Crippen LogP contribution is -2.46. The van der Waals surface area contributed by atoms with Gasteiger partial charge in [-0.3, -0.25) is 14.4 Å². The number of benzene rings is 1. The molecular formula is C26H29N5O4S. The summed E-state index contributed by atoms with van der Waals surface area (Å²) in [6.07, 6.45) is 2.08. The molecule has 9 nitrogen and oxygen atoms in total. The molecule has 2 N–H and O–H groups in total. The zero-order chi connectivity index (χ0) is 25.4. The molecule has 188 valence electrons. The number of aromatic nitrogens is 2. The minimum absolute atomic E-state index is 0.253. The Kier molecular flexibility index (Phi) is 6.72. The van der Waals surface area contributed by atoms with Crippen LogP contribution in [-0.4, -0.2) is 65.1 Å². The van der Waals surface area contributed by atoms with E-state index < -0.39 is 17.9 Å². The van der Waals surface area contributed by atoms with Crippen LogP contribution in [0.15, 0.2) is 29.3 Å². The van der Waals surface area contributed by atoms with Gasteiger partial charge in [0, 0.05) is 47.4 Å². The normalized spacial score (nSPS) is 21.4. The molecule has 1 aromatic carbocycles. The predicted octanol–water partition coefficient (Wildman–Crippen LogP) is 3.27. The highest BCUT2D eigenvalue weighted by molar-refractivity contribution is 7.13. The number of aliphatic imine (C=N–C) groups is 1. The van der Waals surface area contributed by atoms with Gasteiger partial charge in [-0.25, -0.2) is 9.98 Å². The molecule has 1 aliphatic heterocycles. The molecule has 0 spiro atoms. The van der Waals surface area contributed by atoms with Gasteiger partial charge in [0.25, 0.3) is 5.91 Å². The van der Waals surface area contributed by atoms with Crippen molar-refractivity contribution in [3.63, 3.8) is 0 Å². The number of hydrogen-bond acceptors (Lipinski definition) is 7. The Balaban J connectivity index is 1.39. The predicted molar refractivity (Wildman–Crippen MR) is 138 cm³/mol. The first-order valence-electron chi connectivity index (χ1n) is 12.1. The Hall–Kier alpha value is -3.37. The molecule has 10 heteroatoms. The van der Waals surface area contributed by atoms with Gasteiger partial charge >= 0.3 is 11.9 Å². The van der Waals surface area contributed by atoms with Crippen molar-refractivity contribution >= 4 is 45.7 Å². The number of hydrogen-bond donors (Lipinski definition) is 2. The van der Waals surface area contributed by atoms with Crippen molar-refractivity contribution in [1.82, 2.24) is 20.2 Å². The van der Waals surface area contributed by atoms with E-state index in [-0.39, 0.29) is 18.3 Å². The number of ether oxygens (including phenoxy) is 1. The number of carbonyl (C=O) groups is 3. The second-order valence-corrected chi connectivity index (χ2v) is 10.7. The number of methoxy groups -OCH3 is 1. The van der Waals surface area contributed by atoms with E-state index in [2.05, 4.69) is 25.2 Å². The summed E-state index contributed by atoms with van der Waals surface area (Å²) < 4.78 is 4.94. The van der Waals surface area contributed by atoms with Gasteiger partial charge in [0.1, 0.15) is 5.69 Å². The third-order valence-corrected chi connectivity index (χ3v) is 7.94. The molecule has 1 aliphatic carbocycles. The van der Waals surface area contributed by atoms with Crippen LogP contribution >= 0.6 is 11.3 Å². The van der Waals surface area contributed by atoms with Crippen molar-refractivity contribution in [2.45, 2.75) is 45.2 Å². The smallest absolute Gasteiger partial charge is 0.309 e. The molecule has 2 amide bonds. The van der Waals surface area contributed by atoms with Gasteiger partial charge in [0.15, 0.2) is 5.01 Å². The Bertz CT molecular complexity index is 1370. The van der Waals surface area contributed by atoms with E-state index in [1.165, 1.54) is 18.4 Å². The standard InChI is InChI=1S/C26H29N5O4S/c1-14-4-6-17-16(10-14)12-21(27-17)23(32)28-18-7-5-15(26(34)35-3)11-20(18)29-24(33)25-30-19-8-9-31(2)13-22(19)36-25/h4,6,10,12,15,18,27H,5,7-9,11,13H2,1-3H3,(H,28,32)/b29-20+/t15-,18+/m1/s1. The van der Waals surface area contributed by atoms with E-state index in [9.17, 15) is 14.4 Å². The molecule has 2 atom stereocenters. The van der Waals surface area contributed by atoms with Gasteiger partial charge in [0.05, 0.1) is 24.8 Å².